The molecule has 0 aromatic heterocycles. The van der Waals surface area contributed by atoms with E-state index in [4.69, 9.17) is 16.3 Å². The summed E-state index contributed by atoms with van der Waals surface area (Å²) in [6.45, 7) is 2.11. The van der Waals surface area contributed by atoms with Crippen molar-refractivity contribution in [1.29, 1.82) is 10.5 Å². The number of anilines is 1. The summed E-state index contributed by atoms with van der Waals surface area (Å²) in [7, 11) is 0. The van der Waals surface area contributed by atoms with Crippen LogP contribution in [-0.4, -0.2) is 5.91 Å². The van der Waals surface area contributed by atoms with E-state index in [9.17, 15) is 15.3 Å². The second-order valence-electron chi connectivity index (χ2n) is 6.95. The number of aryl methyl sites for hydroxylation is 1. The van der Waals surface area contributed by atoms with Crippen LogP contribution < -0.4 is 10.1 Å². The number of carbonyl (C=O) groups excluding carboxylic acids is 1. The van der Waals surface area contributed by atoms with Crippen LogP contribution in [0, 0.1) is 36.7 Å². The molecule has 3 rings (SSSR count). The molecular formula is C25H16ClI2N3O2. The minimum atomic E-state index is -0.513. The van der Waals surface area contributed by atoms with Gasteiger partial charge in [-0.3, -0.25) is 4.79 Å². The van der Waals surface area contributed by atoms with Crippen molar-refractivity contribution in [3.8, 4) is 17.9 Å². The number of rotatable bonds is 6. The quantitative estimate of drug-likeness (QED) is 0.176. The zero-order valence-electron chi connectivity index (χ0n) is 17.3. The molecule has 33 heavy (non-hydrogen) atoms. The fourth-order valence-corrected chi connectivity index (χ4v) is 5.24. The third-order valence-corrected chi connectivity index (χ3v) is 6.49. The molecule has 1 amide bonds. The van der Waals surface area contributed by atoms with Gasteiger partial charge in [-0.05, 0) is 99.6 Å². The second kappa shape index (κ2) is 11.5. The molecule has 0 unspecified atom stereocenters. The first kappa shape index (κ1) is 25.0. The van der Waals surface area contributed by atoms with Crippen LogP contribution in [0.5, 0.6) is 5.75 Å². The van der Waals surface area contributed by atoms with E-state index in [1.807, 2.05) is 43.3 Å². The molecule has 0 saturated heterocycles. The average molecular weight is 680 g/mol. The van der Waals surface area contributed by atoms with Crippen molar-refractivity contribution in [2.24, 2.45) is 0 Å². The maximum Gasteiger partial charge on any atom is 0.266 e. The summed E-state index contributed by atoms with van der Waals surface area (Å²) in [4.78, 5) is 12.7. The summed E-state index contributed by atoms with van der Waals surface area (Å²) < 4.78 is 7.64. The summed E-state index contributed by atoms with van der Waals surface area (Å²) in [5, 5.41) is 22.0. The van der Waals surface area contributed by atoms with Gasteiger partial charge in [0.1, 0.15) is 24.0 Å². The highest BCUT2D eigenvalue weighted by molar-refractivity contribution is 14.1. The Morgan fingerprint density at radius 1 is 1.12 bits per heavy atom. The number of nitriles is 2. The zero-order chi connectivity index (χ0) is 24.0. The van der Waals surface area contributed by atoms with Gasteiger partial charge in [0.2, 0.25) is 0 Å². The number of halogens is 3. The molecule has 0 aliphatic rings. The minimum Gasteiger partial charge on any atom is -0.487 e. The third kappa shape index (κ3) is 6.47. The van der Waals surface area contributed by atoms with Crippen LogP contribution >= 0.6 is 56.8 Å². The standard InChI is InChI=1S/C25H16ClI2N3O2/c1-15-6-7-20(26)11-23(15)31-25(32)19(13-30)8-16-9-21(27)24(22(28)10-16)33-14-18-5-3-2-4-17(18)12-29/h2-11H,14H2,1H3,(H,31,32)/b19-8+. The van der Waals surface area contributed by atoms with E-state index < -0.39 is 5.91 Å². The molecule has 0 aliphatic heterocycles. The van der Waals surface area contributed by atoms with Gasteiger partial charge in [-0.25, -0.2) is 0 Å². The molecule has 0 spiro atoms. The molecule has 3 aromatic carbocycles. The molecule has 164 valence electrons. The molecule has 1 N–H and O–H groups in total. The molecule has 0 atom stereocenters. The monoisotopic (exact) mass is 679 g/mol. The van der Waals surface area contributed by atoms with Crippen LogP contribution in [0.2, 0.25) is 5.02 Å². The topological polar surface area (TPSA) is 85.9 Å². The van der Waals surface area contributed by atoms with Crippen molar-refractivity contribution in [2.75, 3.05) is 5.32 Å². The van der Waals surface area contributed by atoms with E-state index >= 15 is 0 Å². The van der Waals surface area contributed by atoms with Gasteiger partial charge < -0.3 is 10.1 Å². The van der Waals surface area contributed by atoms with Gasteiger partial charge >= 0.3 is 0 Å². The minimum absolute atomic E-state index is 0.0300. The molecule has 8 heteroatoms. The largest absolute Gasteiger partial charge is 0.487 e. The van der Waals surface area contributed by atoms with Crippen molar-refractivity contribution >= 4 is 74.5 Å². The van der Waals surface area contributed by atoms with Crippen molar-refractivity contribution in [2.45, 2.75) is 13.5 Å². The van der Waals surface area contributed by atoms with Crippen LogP contribution in [-0.2, 0) is 11.4 Å². The Morgan fingerprint density at radius 2 is 1.82 bits per heavy atom. The fraction of sp³-hybridized carbons (Fsp3) is 0.0800. The lowest BCUT2D eigenvalue weighted by molar-refractivity contribution is -0.112. The smallest absolute Gasteiger partial charge is 0.266 e. The Labute approximate surface area is 224 Å². The Bertz CT molecular complexity index is 1320. The molecule has 0 radical (unpaired) electrons. The lowest BCUT2D eigenvalue weighted by atomic mass is 10.1. The Hall–Kier alpha value is -2.60. The lowest BCUT2D eigenvalue weighted by Gasteiger charge is -2.12. The summed E-state index contributed by atoms with van der Waals surface area (Å²) in [6, 6.07) is 20.3. The van der Waals surface area contributed by atoms with Gasteiger partial charge in [0, 0.05) is 16.3 Å². The maximum atomic E-state index is 12.7. The van der Waals surface area contributed by atoms with E-state index in [1.165, 1.54) is 6.08 Å². The number of amides is 1. The molecule has 0 bridgehead atoms. The van der Waals surface area contributed by atoms with Crippen LogP contribution in [0.15, 0.2) is 60.2 Å². The number of hydrogen-bond acceptors (Lipinski definition) is 4. The molecule has 0 saturated carbocycles. The van der Waals surface area contributed by atoms with E-state index in [-0.39, 0.29) is 12.2 Å². The normalized spacial score (nSPS) is 10.8. The van der Waals surface area contributed by atoms with Crippen LogP contribution in [0.4, 0.5) is 5.69 Å². The highest BCUT2D eigenvalue weighted by atomic mass is 127. The van der Waals surface area contributed by atoms with Crippen LogP contribution in [0.3, 0.4) is 0 Å². The number of nitrogens with one attached hydrogen (secondary N) is 1. The number of ether oxygens (including phenoxy) is 1. The number of nitrogens with zero attached hydrogens (tertiary/aromatic N) is 2. The highest BCUT2D eigenvalue weighted by Crippen LogP contribution is 2.31. The first-order valence-corrected chi connectivity index (χ1v) is 12.1. The van der Waals surface area contributed by atoms with Crippen molar-refractivity contribution in [1.82, 2.24) is 0 Å². The lowest BCUT2D eigenvalue weighted by Crippen LogP contribution is -2.14. The highest BCUT2D eigenvalue weighted by Gasteiger charge is 2.14. The van der Waals surface area contributed by atoms with Crippen molar-refractivity contribution in [3.63, 3.8) is 0 Å². The first-order valence-electron chi connectivity index (χ1n) is 9.61. The van der Waals surface area contributed by atoms with Crippen molar-refractivity contribution in [3.05, 3.63) is 94.6 Å². The molecule has 0 aliphatic carbocycles. The van der Waals surface area contributed by atoms with E-state index in [1.54, 1.807) is 24.3 Å². The summed E-state index contributed by atoms with van der Waals surface area (Å²) in [5.74, 6) is 0.167. The van der Waals surface area contributed by atoms with Gasteiger partial charge in [0.25, 0.3) is 5.91 Å². The summed E-state index contributed by atoms with van der Waals surface area (Å²) in [6.07, 6.45) is 1.54. The zero-order valence-corrected chi connectivity index (χ0v) is 22.4. The van der Waals surface area contributed by atoms with Crippen LogP contribution in [0.25, 0.3) is 6.08 Å². The van der Waals surface area contributed by atoms with E-state index in [2.05, 4.69) is 56.6 Å². The number of hydrogen-bond donors (Lipinski definition) is 1. The molecular weight excluding hydrogens is 664 g/mol. The maximum absolute atomic E-state index is 12.7. The van der Waals surface area contributed by atoms with Gasteiger partial charge in [-0.2, -0.15) is 10.5 Å². The molecule has 0 fully saturated rings. The Balaban J connectivity index is 1.81. The van der Waals surface area contributed by atoms with E-state index in [0.29, 0.717) is 27.6 Å². The molecule has 0 heterocycles. The molecule has 5 nitrogen and oxygen atoms in total. The fourth-order valence-electron chi connectivity index (χ4n) is 2.94. The predicted molar refractivity (Wildman–Crippen MR) is 146 cm³/mol. The van der Waals surface area contributed by atoms with Gasteiger partial charge in [-0.15, -0.1) is 0 Å². The van der Waals surface area contributed by atoms with Gasteiger partial charge in [0.05, 0.1) is 18.8 Å². The van der Waals surface area contributed by atoms with E-state index in [0.717, 1.165) is 18.3 Å². The van der Waals surface area contributed by atoms with Crippen LogP contribution in [0.1, 0.15) is 22.3 Å². The average Bonchev–Trinajstić information content (AvgIpc) is 2.79. The van der Waals surface area contributed by atoms with Gasteiger partial charge in [0.15, 0.2) is 0 Å². The van der Waals surface area contributed by atoms with Gasteiger partial charge in [-0.1, -0.05) is 35.9 Å². The number of benzene rings is 3. The Morgan fingerprint density at radius 3 is 2.48 bits per heavy atom. The predicted octanol–water partition coefficient (Wildman–Crippen LogP) is 6.85. The SMILES string of the molecule is Cc1ccc(Cl)cc1NC(=O)/C(C#N)=C/c1cc(I)c(OCc2ccccc2C#N)c(I)c1. The summed E-state index contributed by atoms with van der Waals surface area (Å²) >= 11 is 10.3. The summed E-state index contributed by atoms with van der Waals surface area (Å²) in [5.41, 5.74) is 3.44. The first-order chi connectivity index (χ1) is 15.8. The Kier molecular flexibility index (Phi) is 8.73. The molecule has 3 aromatic rings. The van der Waals surface area contributed by atoms with Crippen molar-refractivity contribution < 1.29 is 9.53 Å². The third-order valence-electron chi connectivity index (χ3n) is 4.65. The number of carbonyl (C=O) groups is 1. The second-order valence-corrected chi connectivity index (χ2v) is 9.72.